The van der Waals surface area contributed by atoms with Crippen molar-refractivity contribution >= 4 is 17.9 Å². The highest BCUT2D eigenvalue weighted by Gasteiger charge is 2.35. The number of rotatable bonds is 3. The van der Waals surface area contributed by atoms with Gasteiger partial charge in [0.05, 0.1) is 6.92 Å². The summed E-state index contributed by atoms with van der Waals surface area (Å²) >= 11 is 0. The first kappa shape index (κ1) is 12.4. The van der Waals surface area contributed by atoms with Crippen LogP contribution in [0.4, 0.5) is 0 Å². The summed E-state index contributed by atoms with van der Waals surface area (Å²) in [6.45, 7) is 4.46. The molecule has 6 nitrogen and oxygen atoms in total. The van der Waals surface area contributed by atoms with Gasteiger partial charge in [-0.25, -0.2) is 0 Å². The number of carbonyl (C=O) groups is 3. The highest BCUT2D eigenvalue weighted by Crippen LogP contribution is 2.15. The van der Waals surface area contributed by atoms with Gasteiger partial charge in [-0.3, -0.25) is 14.4 Å². The van der Waals surface area contributed by atoms with E-state index in [4.69, 9.17) is 0 Å². The van der Waals surface area contributed by atoms with Gasteiger partial charge < -0.3 is 14.2 Å². The van der Waals surface area contributed by atoms with Crippen molar-refractivity contribution in [1.82, 2.24) is 0 Å². The van der Waals surface area contributed by atoms with E-state index in [1.165, 1.54) is 0 Å². The Kier molecular flexibility index (Phi) is 4.07. The molecule has 6 heteroatoms. The smallest absolute Gasteiger partial charge is 0.388 e. The minimum atomic E-state index is -1.98. The molecule has 0 rings (SSSR count). The molecule has 0 aromatic rings. The lowest BCUT2D eigenvalue weighted by Crippen LogP contribution is -2.40. The van der Waals surface area contributed by atoms with Crippen molar-refractivity contribution in [2.75, 3.05) is 0 Å². The highest BCUT2D eigenvalue weighted by molar-refractivity contribution is 5.70. The standard InChI is InChI=1S/C8H12O6/c1-5(9)12-8(4,13-6(2)10)14-7(3)11/h1-4H3. The molecule has 80 valence electrons. The zero-order chi connectivity index (χ0) is 11.4. The van der Waals surface area contributed by atoms with Crippen molar-refractivity contribution in [1.29, 1.82) is 0 Å². The van der Waals surface area contributed by atoms with Crippen LogP contribution in [0.1, 0.15) is 27.7 Å². The molecule has 0 aromatic carbocycles. The predicted octanol–water partition coefficient (Wildman–Crippen LogP) is 0.349. The van der Waals surface area contributed by atoms with Gasteiger partial charge in [0, 0.05) is 20.8 Å². The molecule has 0 aliphatic rings. The molecular weight excluding hydrogens is 192 g/mol. The van der Waals surface area contributed by atoms with Crippen LogP contribution < -0.4 is 0 Å². The molecule has 0 saturated heterocycles. The molecule has 0 spiro atoms. The first-order valence-corrected chi connectivity index (χ1v) is 3.84. The summed E-state index contributed by atoms with van der Waals surface area (Å²) < 4.78 is 13.6. The zero-order valence-electron chi connectivity index (χ0n) is 8.45. The topological polar surface area (TPSA) is 78.9 Å². The Morgan fingerprint density at radius 3 is 1.14 bits per heavy atom. The van der Waals surface area contributed by atoms with Gasteiger partial charge >= 0.3 is 23.9 Å². The number of hydrogen-bond donors (Lipinski definition) is 0. The van der Waals surface area contributed by atoms with E-state index in [1.54, 1.807) is 0 Å². The fourth-order valence-electron chi connectivity index (χ4n) is 0.846. The molecule has 0 heterocycles. The van der Waals surface area contributed by atoms with Crippen molar-refractivity contribution in [3.63, 3.8) is 0 Å². The Bertz CT molecular complexity index is 216. The first-order valence-electron chi connectivity index (χ1n) is 3.84. The first-order chi connectivity index (χ1) is 6.25. The molecule has 0 bridgehead atoms. The minimum absolute atomic E-state index is 0.727. The molecular formula is C8H12O6. The predicted molar refractivity (Wildman–Crippen MR) is 43.7 cm³/mol. The van der Waals surface area contributed by atoms with Gasteiger partial charge in [-0.15, -0.1) is 0 Å². The molecule has 0 saturated carbocycles. The molecule has 0 amide bonds. The summed E-state index contributed by atoms with van der Waals surface area (Å²) in [5.74, 6) is -4.16. The number of carbonyl (C=O) groups excluding carboxylic acids is 3. The lowest BCUT2D eigenvalue weighted by atomic mass is 10.6. The quantitative estimate of drug-likeness (QED) is 0.487. The summed E-state index contributed by atoms with van der Waals surface area (Å²) in [7, 11) is 0. The van der Waals surface area contributed by atoms with Crippen LogP contribution in [-0.4, -0.2) is 23.9 Å². The van der Waals surface area contributed by atoms with Gasteiger partial charge in [0.2, 0.25) is 0 Å². The summed E-state index contributed by atoms with van der Waals surface area (Å²) in [6.07, 6.45) is 0. The minimum Gasteiger partial charge on any atom is -0.388 e. The van der Waals surface area contributed by atoms with Gasteiger partial charge in [-0.1, -0.05) is 0 Å². The van der Waals surface area contributed by atoms with Crippen LogP contribution >= 0.6 is 0 Å². The maximum atomic E-state index is 10.6. The van der Waals surface area contributed by atoms with Crippen molar-refractivity contribution in [2.24, 2.45) is 0 Å². The van der Waals surface area contributed by atoms with E-state index in [9.17, 15) is 14.4 Å². The monoisotopic (exact) mass is 204 g/mol. The number of esters is 3. The van der Waals surface area contributed by atoms with Gasteiger partial charge in [-0.2, -0.15) is 0 Å². The summed E-state index contributed by atoms with van der Waals surface area (Å²) in [5, 5.41) is 0. The van der Waals surface area contributed by atoms with Crippen LogP contribution in [-0.2, 0) is 28.6 Å². The van der Waals surface area contributed by atoms with Crippen LogP contribution in [0.3, 0.4) is 0 Å². The van der Waals surface area contributed by atoms with Crippen LogP contribution in [0, 0.1) is 0 Å². The molecule has 0 atom stereocenters. The second-order valence-corrected chi connectivity index (χ2v) is 2.64. The van der Waals surface area contributed by atoms with Crippen molar-refractivity contribution < 1.29 is 28.6 Å². The van der Waals surface area contributed by atoms with Crippen LogP contribution in [0.5, 0.6) is 0 Å². The van der Waals surface area contributed by atoms with Gasteiger partial charge in [0.25, 0.3) is 0 Å². The maximum absolute atomic E-state index is 10.6. The third kappa shape index (κ3) is 5.13. The highest BCUT2D eigenvalue weighted by atomic mass is 16.9. The Morgan fingerprint density at radius 1 is 0.786 bits per heavy atom. The molecule has 0 N–H and O–H groups in total. The molecule has 14 heavy (non-hydrogen) atoms. The molecule has 0 aromatic heterocycles. The summed E-state index contributed by atoms with van der Waals surface area (Å²) in [6, 6.07) is 0. The molecule has 0 radical (unpaired) electrons. The average molecular weight is 204 g/mol. The van der Waals surface area contributed by atoms with Gasteiger partial charge in [-0.05, 0) is 0 Å². The van der Waals surface area contributed by atoms with Gasteiger partial charge in [0.15, 0.2) is 0 Å². The Balaban J connectivity index is 4.56. The SMILES string of the molecule is CC(=O)OC(C)(OC(C)=O)OC(C)=O. The van der Waals surface area contributed by atoms with Crippen molar-refractivity contribution in [3.05, 3.63) is 0 Å². The van der Waals surface area contributed by atoms with E-state index < -0.39 is 23.9 Å². The molecule has 0 aliphatic carbocycles. The van der Waals surface area contributed by atoms with Gasteiger partial charge in [0.1, 0.15) is 0 Å². The van der Waals surface area contributed by atoms with E-state index in [1.807, 2.05) is 0 Å². The third-order valence-corrected chi connectivity index (χ3v) is 0.987. The lowest BCUT2D eigenvalue weighted by molar-refractivity contribution is -0.317. The van der Waals surface area contributed by atoms with E-state index in [0.717, 1.165) is 27.7 Å². The Hall–Kier alpha value is -1.59. The van der Waals surface area contributed by atoms with Crippen LogP contribution in [0.25, 0.3) is 0 Å². The normalized spacial score (nSPS) is 10.3. The second kappa shape index (κ2) is 4.59. The molecule has 0 unspecified atom stereocenters. The average Bonchev–Trinajstić information content (AvgIpc) is 1.76. The third-order valence-electron chi connectivity index (χ3n) is 0.987. The molecule has 0 aliphatic heterocycles. The lowest BCUT2D eigenvalue weighted by Gasteiger charge is -2.26. The van der Waals surface area contributed by atoms with Crippen LogP contribution in [0.2, 0.25) is 0 Å². The van der Waals surface area contributed by atoms with Crippen molar-refractivity contribution in [3.8, 4) is 0 Å². The zero-order valence-corrected chi connectivity index (χ0v) is 8.45. The largest absolute Gasteiger partial charge is 0.420 e. The number of hydrogen-bond acceptors (Lipinski definition) is 6. The maximum Gasteiger partial charge on any atom is 0.420 e. The second-order valence-electron chi connectivity index (χ2n) is 2.64. The van der Waals surface area contributed by atoms with E-state index in [-0.39, 0.29) is 0 Å². The molecule has 0 fully saturated rings. The van der Waals surface area contributed by atoms with E-state index in [0.29, 0.717) is 0 Å². The fourth-order valence-corrected chi connectivity index (χ4v) is 0.846. The van der Waals surface area contributed by atoms with E-state index >= 15 is 0 Å². The van der Waals surface area contributed by atoms with Crippen LogP contribution in [0.15, 0.2) is 0 Å². The van der Waals surface area contributed by atoms with E-state index in [2.05, 4.69) is 14.2 Å². The number of ether oxygens (including phenoxy) is 3. The Labute approximate surface area is 81.1 Å². The fraction of sp³-hybridized carbons (Fsp3) is 0.625. The summed E-state index contributed by atoms with van der Waals surface area (Å²) in [5.41, 5.74) is 0. The van der Waals surface area contributed by atoms with Crippen molar-refractivity contribution in [2.45, 2.75) is 33.7 Å². The Morgan fingerprint density at radius 2 is 1.00 bits per heavy atom. The summed E-state index contributed by atoms with van der Waals surface area (Å²) in [4.78, 5) is 31.9.